The fraction of sp³-hybridized carbons (Fsp3) is 0.348. The van der Waals surface area contributed by atoms with Gasteiger partial charge in [-0.3, -0.25) is 9.69 Å². The summed E-state index contributed by atoms with van der Waals surface area (Å²) in [4.78, 5) is 14.7. The molecule has 0 radical (unpaired) electrons. The van der Waals surface area contributed by atoms with Crippen LogP contribution in [0.25, 0.3) is 11.5 Å². The van der Waals surface area contributed by atoms with Crippen molar-refractivity contribution in [2.75, 3.05) is 13.1 Å². The van der Waals surface area contributed by atoms with E-state index >= 15 is 0 Å². The lowest BCUT2D eigenvalue weighted by Crippen LogP contribution is -2.37. The smallest absolute Gasteiger partial charge is 0.247 e. The van der Waals surface area contributed by atoms with Crippen molar-refractivity contribution in [3.63, 3.8) is 0 Å². The number of nitrogens with one attached hydrogen (secondary N) is 1. The second-order valence-corrected chi connectivity index (χ2v) is 7.64. The molecule has 0 saturated carbocycles. The van der Waals surface area contributed by atoms with Crippen LogP contribution in [0.4, 0.5) is 0 Å². The molecule has 2 aromatic carbocycles. The monoisotopic (exact) mass is 390 g/mol. The van der Waals surface area contributed by atoms with E-state index in [2.05, 4.69) is 44.7 Å². The summed E-state index contributed by atoms with van der Waals surface area (Å²) in [6, 6.07) is 18.6. The van der Waals surface area contributed by atoms with E-state index in [0.29, 0.717) is 24.6 Å². The first-order chi connectivity index (χ1) is 14.2. The maximum absolute atomic E-state index is 12.3. The Morgan fingerprint density at radius 2 is 1.93 bits per heavy atom. The standard InChI is InChI=1S/C23H26N4O2/c1-17-7-9-19(10-8-17)23-26-25-22(29-23)12-11-21(28)24-20-13-14-27(16-20)15-18-5-3-2-4-6-18/h2-10,20H,11-16H2,1H3,(H,24,28). The SMILES string of the molecule is Cc1ccc(-c2nnc(CCC(=O)NC3CCN(Cc4ccccc4)C3)o2)cc1. The lowest BCUT2D eigenvalue weighted by atomic mass is 10.1. The van der Waals surface area contributed by atoms with Crippen LogP contribution in [-0.2, 0) is 17.8 Å². The minimum atomic E-state index is 0.0339. The minimum absolute atomic E-state index is 0.0339. The summed E-state index contributed by atoms with van der Waals surface area (Å²) in [5.41, 5.74) is 3.38. The average Bonchev–Trinajstić information content (AvgIpc) is 3.37. The molecule has 1 amide bonds. The van der Waals surface area contributed by atoms with E-state index in [9.17, 15) is 4.79 Å². The lowest BCUT2D eigenvalue weighted by molar-refractivity contribution is -0.121. The summed E-state index contributed by atoms with van der Waals surface area (Å²) in [6.45, 7) is 4.85. The molecule has 1 aliphatic heterocycles. The highest BCUT2D eigenvalue weighted by molar-refractivity contribution is 5.76. The molecule has 1 atom stereocenters. The van der Waals surface area contributed by atoms with Gasteiger partial charge in [0.25, 0.3) is 0 Å². The maximum Gasteiger partial charge on any atom is 0.247 e. The number of nitrogens with zero attached hydrogens (tertiary/aromatic N) is 3. The zero-order valence-electron chi connectivity index (χ0n) is 16.7. The van der Waals surface area contributed by atoms with Gasteiger partial charge in [0.15, 0.2) is 0 Å². The number of hydrogen-bond acceptors (Lipinski definition) is 5. The van der Waals surface area contributed by atoms with E-state index in [4.69, 9.17) is 4.42 Å². The summed E-state index contributed by atoms with van der Waals surface area (Å²) in [6.07, 6.45) is 1.78. The zero-order valence-corrected chi connectivity index (χ0v) is 16.7. The van der Waals surface area contributed by atoms with Gasteiger partial charge in [0.1, 0.15) is 0 Å². The summed E-state index contributed by atoms with van der Waals surface area (Å²) in [7, 11) is 0. The van der Waals surface area contributed by atoms with Crippen LogP contribution in [-0.4, -0.2) is 40.1 Å². The van der Waals surface area contributed by atoms with E-state index in [1.807, 2.05) is 37.3 Å². The van der Waals surface area contributed by atoms with Crippen LogP contribution in [0.1, 0.15) is 29.9 Å². The Bertz CT molecular complexity index is 937. The van der Waals surface area contributed by atoms with Gasteiger partial charge in [-0.1, -0.05) is 48.0 Å². The Hall–Kier alpha value is -2.99. The Labute approximate surface area is 170 Å². The summed E-state index contributed by atoms with van der Waals surface area (Å²) < 4.78 is 5.70. The molecule has 29 heavy (non-hydrogen) atoms. The Morgan fingerprint density at radius 1 is 1.14 bits per heavy atom. The highest BCUT2D eigenvalue weighted by Crippen LogP contribution is 2.19. The maximum atomic E-state index is 12.3. The second kappa shape index (κ2) is 9.01. The van der Waals surface area contributed by atoms with Crippen LogP contribution in [0.15, 0.2) is 59.0 Å². The molecule has 6 heteroatoms. The molecular formula is C23H26N4O2. The van der Waals surface area contributed by atoms with Crippen LogP contribution in [0, 0.1) is 6.92 Å². The van der Waals surface area contributed by atoms with Gasteiger partial charge < -0.3 is 9.73 Å². The van der Waals surface area contributed by atoms with Crippen LogP contribution in [0.2, 0.25) is 0 Å². The van der Waals surface area contributed by atoms with E-state index in [1.54, 1.807) is 0 Å². The Kier molecular flexibility index (Phi) is 6.00. The molecule has 4 rings (SSSR count). The molecule has 1 aromatic heterocycles. The highest BCUT2D eigenvalue weighted by atomic mass is 16.4. The van der Waals surface area contributed by atoms with E-state index in [1.165, 1.54) is 11.1 Å². The predicted molar refractivity (Wildman–Crippen MR) is 111 cm³/mol. The number of rotatable bonds is 7. The average molecular weight is 390 g/mol. The number of benzene rings is 2. The van der Waals surface area contributed by atoms with Gasteiger partial charge in [-0.25, -0.2) is 0 Å². The normalized spacial score (nSPS) is 16.8. The second-order valence-electron chi connectivity index (χ2n) is 7.64. The first-order valence-corrected chi connectivity index (χ1v) is 10.1. The molecule has 0 spiro atoms. The van der Waals surface area contributed by atoms with Crippen molar-refractivity contribution in [2.45, 2.75) is 38.8 Å². The first-order valence-electron chi connectivity index (χ1n) is 10.1. The molecule has 1 saturated heterocycles. The third kappa shape index (κ3) is 5.29. The van der Waals surface area contributed by atoms with Crippen molar-refractivity contribution in [3.8, 4) is 11.5 Å². The molecule has 0 aliphatic carbocycles. The molecule has 150 valence electrons. The number of hydrogen-bond donors (Lipinski definition) is 1. The molecule has 1 unspecified atom stereocenters. The number of carbonyl (C=O) groups excluding carboxylic acids is 1. The van der Waals surface area contributed by atoms with Crippen molar-refractivity contribution in [1.82, 2.24) is 20.4 Å². The largest absolute Gasteiger partial charge is 0.421 e. The van der Waals surface area contributed by atoms with Crippen LogP contribution < -0.4 is 5.32 Å². The van der Waals surface area contributed by atoms with Crippen LogP contribution in [0.5, 0.6) is 0 Å². The van der Waals surface area contributed by atoms with Gasteiger partial charge in [-0.2, -0.15) is 0 Å². The van der Waals surface area contributed by atoms with Crippen LogP contribution >= 0.6 is 0 Å². The molecule has 1 aliphatic rings. The molecule has 3 aromatic rings. The van der Waals surface area contributed by atoms with Gasteiger partial charge >= 0.3 is 0 Å². The Balaban J connectivity index is 1.22. The van der Waals surface area contributed by atoms with Crippen molar-refractivity contribution < 1.29 is 9.21 Å². The molecule has 2 heterocycles. The van der Waals surface area contributed by atoms with Gasteiger partial charge in [0.05, 0.1) is 0 Å². The topological polar surface area (TPSA) is 71.3 Å². The van der Waals surface area contributed by atoms with E-state index in [0.717, 1.165) is 31.6 Å². The van der Waals surface area contributed by atoms with Gasteiger partial charge in [0.2, 0.25) is 17.7 Å². The number of aromatic nitrogens is 2. The van der Waals surface area contributed by atoms with Gasteiger partial charge in [-0.15, -0.1) is 10.2 Å². The Morgan fingerprint density at radius 3 is 2.72 bits per heavy atom. The molecule has 1 fully saturated rings. The van der Waals surface area contributed by atoms with Crippen molar-refractivity contribution in [1.29, 1.82) is 0 Å². The van der Waals surface area contributed by atoms with E-state index < -0.39 is 0 Å². The highest BCUT2D eigenvalue weighted by Gasteiger charge is 2.23. The number of aryl methyl sites for hydroxylation is 2. The summed E-state index contributed by atoms with van der Waals surface area (Å²) in [5.74, 6) is 1.02. The van der Waals surface area contributed by atoms with E-state index in [-0.39, 0.29) is 11.9 Å². The first kappa shape index (κ1) is 19.3. The molecular weight excluding hydrogens is 364 g/mol. The lowest BCUT2D eigenvalue weighted by Gasteiger charge is -2.16. The predicted octanol–water partition coefficient (Wildman–Crippen LogP) is 3.37. The van der Waals surface area contributed by atoms with Gasteiger partial charge in [0, 0.05) is 44.1 Å². The minimum Gasteiger partial charge on any atom is -0.421 e. The quantitative estimate of drug-likeness (QED) is 0.670. The molecule has 6 nitrogen and oxygen atoms in total. The number of amides is 1. The fourth-order valence-corrected chi connectivity index (χ4v) is 3.62. The third-order valence-corrected chi connectivity index (χ3v) is 5.22. The van der Waals surface area contributed by atoms with Crippen molar-refractivity contribution >= 4 is 5.91 Å². The van der Waals surface area contributed by atoms with Crippen molar-refractivity contribution in [3.05, 3.63) is 71.6 Å². The summed E-state index contributed by atoms with van der Waals surface area (Å²) in [5, 5.41) is 11.3. The summed E-state index contributed by atoms with van der Waals surface area (Å²) >= 11 is 0. The molecule has 1 N–H and O–H groups in total. The van der Waals surface area contributed by atoms with Crippen LogP contribution in [0.3, 0.4) is 0 Å². The van der Waals surface area contributed by atoms with Crippen molar-refractivity contribution in [2.24, 2.45) is 0 Å². The number of likely N-dealkylation sites (tertiary alicyclic amines) is 1. The zero-order chi connectivity index (χ0) is 20.1. The van der Waals surface area contributed by atoms with Gasteiger partial charge in [-0.05, 0) is 31.0 Å². The third-order valence-electron chi connectivity index (χ3n) is 5.22. The number of carbonyl (C=O) groups is 1. The fourth-order valence-electron chi connectivity index (χ4n) is 3.62. The molecule has 0 bridgehead atoms.